The number of rotatable bonds is 4. The van der Waals surface area contributed by atoms with Crippen LogP contribution >= 0.6 is 0 Å². The maximum Gasteiger partial charge on any atom is 0.254 e. The lowest BCUT2D eigenvalue weighted by atomic mass is 9.86. The molecule has 3 aliphatic rings. The molecule has 2 heterocycles. The fourth-order valence-corrected chi connectivity index (χ4v) is 9.29. The lowest BCUT2D eigenvalue weighted by Crippen LogP contribution is -2.50. The fourth-order valence-electron chi connectivity index (χ4n) is 6.22. The second-order valence-electron chi connectivity index (χ2n) is 12.0. The van der Waals surface area contributed by atoms with E-state index in [1.54, 1.807) is 6.92 Å². The van der Waals surface area contributed by atoms with Crippen molar-refractivity contribution in [2.45, 2.75) is 32.9 Å². The summed E-state index contributed by atoms with van der Waals surface area (Å²) in [7, 11) is 6.30. The van der Waals surface area contributed by atoms with E-state index < -0.39 is 8.07 Å². The smallest absolute Gasteiger partial charge is 0.254 e. The number of hydrogen-bond donors (Lipinski definition) is 0. The number of fused-ring (bicyclic) bond motifs is 2. The van der Waals surface area contributed by atoms with Crippen molar-refractivity contribution in [2.75, 3.05) is 46.2 Å². The van der Waals surface area contributed by atoms with Gasteiger partial charge in [0.25, 0.3) is 5.91 Å². The van der Waals surface area contributed by atoms with Crippen LogP contribution in [0.2, 0.25) is 13.1 Å². The van der Waals surface area contributed by atoms with Gasteiger partial charge in [0.1, 0.15) is 28.0 Å². The maximum absolute atomic E-state index is 14.0. The van der Waals surface area contributed by atoms with E-state index >= 15 is 0 Å². The Labute approximate surface area is 233 Å². The predicted molar refractivity (Wildman–Crippen MR) is 164 cm³/mol. The second-order valence-corrected chi connectivity index (χ2v) is 16.3. The third-order valence-corrected chi connectivity index (χ3v) is 12.2. The first-order valence-corrected chi connectivity index (χ1v) is 16.9. The van der Waals surface area contributed by atoms with Gasteiger partial charge in [-0.25, -0.2) is 4.58 Å². The minimum atomic E-state index is -2.06. The molecule has 1 saturated heterocycles. The lowest BCUT2D eigenvalue weighted by Gasteiger charge is -2.38. The van der Waals surface area contributed by atoms with Crippen LogP contribution in [0.4, 0.5) is 5.69 Å². The van der Waals surface area contributed by atoms with Crippen molar-refractivity contribution in [2.24, 2.45) is 5.92 Å². The minimum Gasteiger partial charge on any atom is -0.378 e. The molecule has 0 saturated carbocycles. The van der Waals surface area contributed by atoms with Gasteiger partial charge in [-0.05, 0) is 76.7 Å². The van der Waals surface area contributed by atoms with Crippen molar-refractivity contribution in [3.8, 4) is 0 Å². The highest BCUT2D eigenvalue weighted by atomic mass is 28.3. The van der Waals surface area contributed by atoms with E-state index in [0.717, 1.165) is 29.5 Å². The van der Waals surface area contributed by atoms with E-state index in [9.17, 15) is 9.59 Å². The Morgan fingerprint density at radius 2 is 1.67 bits per heavy atom. The standard InChI is InChI=1S/C33H40N3O2Si/c1-22(37)23-16-18-36(19-17-23)33(38)27-11-9-8-10-26(27)32-28-14-12-24(34(2)3)20-30(28)39(6,7)31-21-25(35(4)5)13-15-29(31)32/h8-15,20-21,23H,16-19H2,1-7H3/q+1. The average Bonchev–Trinajstić information content (AvgIpc) is 2.92. The Balaban J connectivity index is 1.70. The van der Waals surface area contributed by atoms with Crippen LogP contribution in [0.1, 0.15) is 41.3 Å². The van der Waals surface area contributed by atoms with Crippen LogP contribution in [0.25, 0.3) is 5.57 Å². The zero-order valence-electron chi connectivity index (χ0n) is 24.3. The van der Waals surface area contributed by atoms with Gasteiger partial charge in [-0.1, -0.05) is 37.4 Å². The highest BCUT2D eigenvalue weighted by Crippen LogP contribution is 2.43. The molecule has 0 N–H and O–H groups in total. The SMILES string of the molecule is CC(=O)C1CCN(C(=O)c2ccccc2C2=C3C=CC(=[N+](C)C)C=C3[Si](C)(C)c3cc(N(C)C)ccc32)CC1. The summed E-state index contributed by atoms with van der Waals surface area (Å²) in [6, 6.07) is 14.9. The molecule has 202 valence electrons. The number of nitrogens with zero attached hydrogens (tertiary/aromatic N) is 3. The minimum absolute atomic E-state index is 0.0557. The number of anilines is 1. The zero-order valence-corrected chi connectivity index (χ0v) is 25.3. The summed E-state index contributed by atoms with van der Waals surface area (Å²) in [5.74, 6) is 0.356. The van der Waals surface area contributed by atoms with E-state index in [1.807, 2.05) is 23.1 Å². The number of amides is 1. The van der Waals surface area contributed by atoms with Crippen LogP contribution in [-0.4, -0.2) is 76.2 Å². The van der Waals surface area contributed by atoms with Crippen molar-refractivity contribution < 1.29 is 14.2 Å². The molecule has 1 aliphatic carbocycles. The number of Topliss-reactive ketones (excluding diaryl/α,β-unsaturated/α-hetero) is 1. The van der Waals surface area contributed by atoms with Gasteiger partial charge < -0.3 is 9.80 Å². The van der Waals surface area contributed by atoms with Crippen LogP contribution in [0.5, 0.6) is 0 Å². The molecule has 2 aromatic rings. The molecular weight excluding hydrogens is 498 g/mol. The number of carbonyl (C=O) groups excluding carboxylic acids is 2. The molecule has 5 rings (SSSR count). The van der Waals surface area contributed by atoms with Gasteiger partial charge in [-0.3, -0.25) is 9.59 Å². The number of piperidine rings is 1. The Morgan fingerprint density at radius 1 is 0.974 bits per heavy atom. The monoisotopic (exact) mass is 538 g/mol. The number of ketones is 1. The van der Waals surface area contributed by atoms with Crippen LogP contribution in [-0.2, 0) is 4.79 Å². The summed E-state index contributed by atoms with van der Waals surface area (Å²) in [4.78, 5) is 30.0. The molecule has 1 fully saturated rings. The highest BCUT2D eigenvalue weighted by molar-refractivity contribution is 6.98. The van der Waals surface area contributed by atoms with Gasteiger partial charge in [0, 0.05) is 56.5 Å². The second kappa shape index (κ2) is 10.2. The largest absolute Gasteiger partial charge is 0.378 e. The molecule has 0 spiro atoms. The lowest BCUT2D eigenvalue weighted by molar-refractivity contribution is -0.462. The Hall–Kier alpha value is -3.51. The van der Waals surface area contributed by atoms with Crippen LogP contribution in [0.15, 0.2) is 71.5 Å². The summed E-state index contributed by atoms with van der Waals surface area (Å²) in [6.07, 6.45) is 8.30. The normalized spacial score (nSPS) is 18.4. The van der Waals surface area contributed by atoms with Crippen LogP contribution < -0.4 is 10.1 Å². The quantitative estimate of drug-likeness (QED) is 0.420. The van der Waals surface area contributed by atoms with Crippen LogP contribution in [0, 0.1) is 5.92 Å². The topological polar surface area (TPSA) is 43.6 Å². The van der Waals surface area contributed by atoms with Crippen molar-refractivity contribution in [1.82, 2.24) is 4.90 Å². The molecule has 0 bridgehead atoms. The van der Waals surface area contributed by atoms with E-state index in [2.05, 4.69) is 93.3 Å². The molecule has 39 heavy (non-hydrogen) atoms. The predicted octanol–water partition coefficient (Wildman–Crippen LogP) is 4.67. The Morgan fingerprint density at radius 3 is 2.31 bits per heavy atom. The third-order valence-electron chi connectivity index (χ3n) is 8.71. The molecule has 0 unspecified atom stereocenters. The van der Waals surface area contributed by atoms with Crippen molar-refractivity contribution in [3.05, 3.63) is 88.2 Å². The molecule has 0 aromatic heterocycles. The first-order valence-electron chi connectivity index (χ1n) is 13.9. The first kappa shape index (κ1) is 27.1. The Bertz CT molecular complexity index is 1480. The number of carbonyl (C=O) groups is 2. The van der Waals surface area contributed by atoms with Crippen molar-refractivity contribution in [1.29, 1.82) is 0 Å². The molecule has 0 radical (unpaired) electrons. The Kier molecular flexibility index (Phi) is 7.10. The summed E-state index contributed by atoms with van der Waals surface area (Å²) < 4.78 is 2.17. The maximum atomic E-state index is 14.0. The number of allylic oxidation sites excluding steroid dienone is 5. The fraction of sp³-hybridized carbons (Fsp3) is 0.364. The highest BCUT2D eigenvalue weighted by Gasteiger charge is 2.41. The number of likely N-dealkylation sites (tertiary alicyclic amines) is 1. The molecule has 1 amide bonds. The number of hydrogen-bond acceptors (Lipinski definition) is 3. The van der Waals surface area contributed by atoms with Gasteiger partial charge >= 0.3 is 0 Å². The van der Waals surface area contributed by atoms with E-state index in [4.69, 9.17) is 0 Å². The molecular formula is C33H40N3O2Si+. The summed E-state index contributed by atoms with van der Waals surface area (Å²) >= 11 is 0. The molecule has 2 aromatic carbocycles. The van der Waals surface area contributed by atoms with Crippen molar-refractivity contribution in [3.63, 3.8) is 0 Å². The number of benzene rings is 2. The van der Waals surface area contributed by atoms with Gasteiger partial charge in [-0.15, -0.1) is 0 Å². The van der Waals surface area contributed by atoms with Gasteiger partial charge in [0.05, 0.1) is 0 Å². The third kappa shape index (κ3) is 4.76. The molecule has 0 atom stereocenters. The summed E-state index contributed by atoms with van der Waals surface area (Å²) in [6.45, 7) is 7.80. The van der Waals surface area contributed by atoms with E-state index in [-0.39, 0.29) is 17.6 Å². The molecule has 2 aliphatic heterocycles. The van der Waals surface area contributed by atoms with Gasteiger partial charge in [0.2, 0.25) is 0 Å². The molecule has 6 heteroatoms. The average molecular weight is 539 g/mol. The van der Waals surface area contributed by atoms with Gasteiger partial charge in [0.15, 0.2) is 5.71 Å². The summed E-state index contributed by atoms with van der Waals surface area (Å²) in [5.41, 5.74) is 7.72. The van der Waals surface area contributed by atoms with Crippen molar-refractivity contribution >= 4 is 41.9 Å². The van der Waals surface area contributed by atoms with E-state index in [0.29, 0.717) is 13.1 Å². The van der Waals surface area contributed by atoms with E-state index in [1.165, 1.54) is 32.9 Å². The summed E-state index contributed by atoms with van der Waals surface area (Å²) in [5, 5.41) is 2.80. The van der Waals surface area contributed by atoms with Crippen LogP contribution in [0.3, 0.4) is 0 Å². The first-order chi connectivity index (χ1) is 18.5. The zero-order chi connectivity index (χ0) is 28.1. The van der Waals surface area contributed by atoms with Gasteiger partial charge in [-0.2, -0.15) is 0 Å². The molecule has 5 nitrogen and oxygen atoms in total.